The van der Waals surface area contributed by atoms with Crippen molar-refractivity contribution in [2.24, 2.45) is 7.05 Å². The molecule has 0 aromatic carbocycles. The highest BCUT2D eigenvalue weighted by Gasteiger charge is 2.20. The van der Waals surface area contributed by atoms with E-state index in [1.54, 1.807) is 17.9 Å². The van der Waals surface area contributed by atoms with Crippen molar-refractivity contribution in [3.63, 3.8) is 0 Å². The van der Waals surface area contributed by atoms with Crippen LogP contribution in [0.4, 0.5) is 23.2 Å². The summed E-state index contributed by atoms with van der Waals surface area (Å²) >= 11 is 0. The van der Waals surface area contributed by atoms with E-state index in [9.17, 15) is 22.1 Å². The second kappa shape index (κ2) is 4.43. The van der Waals surface area contributed by atoms with Crippen molar-refractivity contribution in [2.45, 2.75) is 0 Å². The average Bonchev–Trinajstić information content (AvgIpc) is 2.43. The molecule has 6 nitrogen and oxygen atoms in total. The van der Waals surface area contributed by atoms with Gasteiger partial charge in [0.05, 0.1) is 7.05 Å². The first-order valence-electron chi connectivity index (χ1n) is 4.28. The molecule has 11 heteroatoms. The standard InChI is InChI=1S/C6H7N5O.BF4/c1-11-2-8-4-3(11)5(12)10-6(7)9-4;2-1(3,4)5/h2H,1H3,(H3,7,9,10,12);/q;-1/p+1. The van der Waals surface area contributed by atoms with Gasteiger partial charge in [0, 0.05) is 0 Å². The van der Waals surface area contributed by atoms with Crippen molar-refractivity contribution in [3.8, 4) is 0 Å². The maximum absolute atomic E-state index is 11.3. The number of halogens is 4. The molecule has 0 fully saturated rings. The molecule has 2 rings (SSSR count). The highest BCUT2D eigenvalue weighted by atomic mass is 19.5. The van der Waals surface area contributed by atoms with Crippen molar-refractivity contribution >= 4 is 24.4 Å². The van der Waals surface area contributed by atoms with E-state index in [2.05, 4.69) is 15.0 Å². The highest BCUT2D eigenvalue weighted by molar-refractivity contribution is 6.50. The predicted octanol–water partition coefficient (Wildman–Crippen LogP) is -0.0421. The lowest BCUT2D eigenvalue weighted by Crippen LogP contribution is -2.31. The van der Waals surface area contributed by atoms with E-state index in [-0.39, 0.29) is 11.5 Å². The summed E-state index contributed by atoms with van der Waals surface area (Å²) < 4.78 is 40.7. The number of rotatable bonds is 0. The van der Waals surface area contributed by atoms with Crippen molar-refractivity contribution in [1.82, 2.24) is 15.0 Å². The van der Waals surface area contributed by atoms with E-state index in [0.717, 1.165) is 0 Å². The van der Waals surface area contributed by atoms with Gasteiger partial charge in [0.25, 0.3) is 11.2 Å². The van der Waals surface area contributed by atoms with E-state index >= 15 is 0 Å². The van der Waals surface area contributed by atoms with Gasteiger partial charge in [0.15, 0.2) is 0 Å². The lowest BCUT2D eigenvalue weighted by molar-refractivity contribution is -0.645. The number of aromatic nitrogens is 4. The normalized spacial score (nSPS) is 11.1. The van der Waals surface area contributed by atoms with Crippen molar-refractivity contribution in [1.29, 1.82) is 0 Å². The van der Waals surface area contributed by atoms with Crippen LogP contribution in [0.2, 0.25) is 0 Å². The Hall–Kier alpha value is -2.07. The van der Waals surface area contributed by atoms with Gasteiger partial charge in [-0.15, -0.1) is 0 Å². The number of nitrogens with two attached hydrogens (primary N) is 1. The van der Waals surface area contributed by atoms with E-state index in [0.29, 0.717) is 11.2 Å². The summed E-state index contributed by atoms with van der Waals surface area (Å²) in [5, 5.41) is 0. The Balaban J connectivity index is 0.000000249. The molecule has 0 amide bonds. The molecule has 0 saturated carbocycles. The fraction of sp³-hybridized carbons (Fsp3) is 0.167. The third-order valence-electron chi connectivity index (χ3n) is 1.66. The zero-order valence-corrected chi connectivity index (χ0v) is 8.55. The molecular formula is C6H8BF4N5O. The smallest absolute Gasteiger partial charge is 0.418 e. The first-order valence-corrected chi connectivity index (χ1v) is 4.28. The predicted molar refractivity (Wildman–Crippen MR) is 52.5 cm³/mol. The number of anilines is 1. The first-order chi connectivity index (χ1) is 7.68. The molecule has 0 bridgehead atoms. The average molecular weight is 253 g/mol. The van der Waals surface area contributed by atoms with Gasteiger partial charge in [-0.1, -0.05) is 0 Å². The van der Waals surface area contributed by atoms with Crippen molar-refractivity contribution < 1.29 is 21.8 Å². The van der Waals surface area contributed by atoms with Crippen LogP contribution in [0, 0.1) is 0 Å². The van der Waals surface area contributed by atoms with Crippen LogP contribution in [0.3, 0.4) is 0 Å². The van der Waals surface area contributed by atoms with Crippen LogP contribution in [0.5, 0.6) is 0 Å². The van der Waals surface area contributed by atoms with Crippen LogP contribution in [0.15, 0.2) is 11.1 Å². The number of nitrogens with one attached hydrogen (secondary N) is 2. The maximum Gasteiger partial charge on any atom is 0.673 e. The van der Waals surface area contributed by atoms with Gasteiger partial charge in [0.1, 0.15) is 0 Å². The number of nitrogens with zero attached hydrogens (tertiary/aromatic N) is 2. The molecular weight excluding hydrogens is 245 g/mol. The fourth-order valence-electron chi connectivity index (χ4n) is 1.13. The topological polar surface area (TPSA) is 91.4 Å². The molecule has 0 aliphatic rings. The molecule has 0 radical (unpaired) electrons. The SMILES string of the molecule is C[n+]1c[nH]c2nc(N)[nH]c(=O)c21.F[B-](F)(F)F. The number of fused-ring (bicyclic) bond motifs is 1. The summed E-state index contributed by atoms with van der Waals surface area (Å²) in [7, 11) is -4.24. The number of imidazole rings is 1. The molecule has 0 aliphatic carbocycles. The second-order valence-corrected chi connectivity index (χ2v) is 3.03. The minimum absolute atomic E-state index is 0.120. The Morgan fingerprint density at radius 3 is 2.47 bits per heavy atom. The molecule has 0 aliphatic heterocycles. The Kier molecular flexibility index (Phi) is 3.39. The Morgan fingerprint density at radius 1 is 1.41 bits per heavy atom. The van der Waals surface area contributed by atoms with Crippen LogP contribution in [0.25, 0.3) is 11.2 Å². The first kappa shape index (κ1) is 13.0. The van der Waals surface area contributed by atoms with Gasteiger partial charge in [-0.05, 0) is 0 Å². The third-order valence-corrected chi connectivity index (χ3v) is 1.66. The molecule has 4 N–H and O–H groups in total. The fourth-order valence-corrected chi connectivity index (χ4v) is 1.13. The number of hydrogen-bond acceptors (Lipinski definition) is 3. The summed E-state index contributed by atoms with van der Waals surface area (Å²) in [4.78, 5) is 20.4. The van der Waals surface area contributed by atoms with E-state index in [4.69, 9.17) is 5.73 Å². The molecule has 0 atom stereocenters. The summed E-state index contributed by atoms with van der Waals surface area (Å²) in [6.45, 7) is 0. The maximum atomic E-state index is 11.3. The van der Waals surface area contributed by atoms with Gasteiger partial charge in [0.2, 0.25) is 12.3 Å². The number of nitrogen functional groups attached to an aromatic ring is 1. The third kappa shape index (κ3) is 3.77. The van der Waals surface area contributed by atoms with Gasteiger partial charge >= 0.3 is 12.8 Å². The van der Waals surface area contributed by atoms with Crippen LogP contribution >= 0.6 is 0 Å². The lowest BCUT2D eigenvalue weighted by atomic mass is 10.3. The zero-order chi connectivity index (χ0) is 13.2. The largest absolute Gasteiger partial charge is 0.673 e. The van der Waals surface area contributed by atoms with Gasteiger partial charge in [-0.3, -0.25) is 9.78 Å². The summed E-state index contributed by atoms with van der Waals surface area (Å²) in [6.07, 6.45) is 1.65. The molecule has 2 heterocycles. The van der Waals surface area contributed by atoms with E-state index in [1.807, 2.05) is 0 Å². The van der Waals surface area contributed by atoms with E-state index in [1.165, 1.54) is 0 Å². The minimum Gasteiger partial charge on any atom is -0.418 e. The monoisotopic (exact) mass is 253 g/mol. The summed E-state index contributed by atoms with van der Waals surface area (Å²) in [5.41, 5.74) is 6.09. The number of hydrogen-bond donors (Lipinski definition) is 3. The summed E-state index contributed by atoms with van der Waals surface area (Å²) in [5.74, 6) is 0.120. The lowest BCUT2D eigenvalue weighted by Gasteiger charge is -1.94. The molecule has 0 unspecified atom stereocenters. The quantitative estimate of drug-likeness (QED) is 0.349. The zero-order valence-electron chi connectivity index (χ0n) is 8.55. The van der Waals surface area contributed by atoms with Gasteiger partial charge < -0.3 is 23.0 Å². The highest BCUT2D eigenvalue weighted by Crippen LogP contribution is 2.06. The Labute approximate surface area is 91.6 Å². The molecule has 94 valence electrons. The number of H-pyrrole nitrogens is 2. The van der Waals surface area contributed by atoms with Gasteiger partial charge in [-0.2, -0.15) is 4.98 Å². The van der Waals surface area contributed by atoms with Gasteiger partial charge in [-0.25, -0.2) is 9.55 Å². The number of aryl methyl sites for hydroxylation is 1. The summed E-state index contributed by atoms with van der Waals surface area (Å²) in [6, 6.07) is 0. The molecule has 17 heavy (non-hydrogen) atoms. The van der Waals surface area contributed by atoms with Crippen LogP contribution in [-0.2, 0) is 7.05 Å². The second-order valence-electron chi connectivity index (χ2n) is 3.03. The van der Waals surface area contributed by atoms with Crippen LogP contribution in [0.1, 0.15) is 0 Å². The molecule has 2 aromatic heterocycles. The van der Waals surface area contributed by atoms with Crippen molar-refractivity contribution in [3.05, 3.63) is 16.7 Å². The Morgan fingerprint density at radius 2 is 1.94 bits per heavy atom. The minimum atomic E-state index is -6.00. The van der Waals surface area contributed by atoms with Crippen LogP contribution in [-0.4, -0.2) is 22.2 Å². The van der Waals surface area contributed by atoms with Crippen molar-refractivity contribution in [2.75, 3.05) is 5.73 Å². The molecule has 0 saturated heterocycles. The van der Waals surface area contributed by atoms with Crippen LogP contribution < -0.4 is 15.9 Å². The Bertz CT molecular complexity index is 570. The molecule has 0 spiro atoms. The molecule has 2 aromatic rings. The van der Waals surface area contributed by atoms with E-state index < -0.39 is 7.25 Å². The number of aromatic amines is 2.